The second kappa shape index (κ2) is 4.37. The Kier molecular flexibility index (Phi) is 2.96. The van der Waals surface area contributed by atoms with E-state index in [0.29, 0.717) is 11.8 Å². The highest BCUT2D eigenvalue weighted by atomic mass is 127. The largest absolute Gasteiger partial charge is 0.508 e. The summed E-state index contributed by atoms with van der Waals surface area (Å²) in [6.45, 7) is 4.43. The Morgan fingerprint density at radius 2 is 2.00 bits per heavy atom. The highest BCUT2D eigenvalue weighted by molar-refractivity contribution is 14.2. The Hall–Kier alpha value is -0.840. The summed E-state index contributed by atoms with van der Waals surface area (Å²) >= 11 is -0.194. The molecule has 0 bridgehead atoms. The van der Waals surface area contributed by atoms with Crippen LogP contribution in [0, 0.1) is 9.49 Å². The molecule has 0 aromatic heterocycles. The fraction of sp³-hybridized carbons (Fsp3) is 0.400. The molecule has 0 saturated carbocycles. The lowest BCUT2D eigenvalue weighted by Crippen LogP contribution is -2.25. The first kappa shape index (κ1) is 12.2. The number of halogens is 1. The third-order valence-electron chi connectivity index (χ3n) is 3.93. The molecule has 3 heteroatoms. The number of hydrogen-bond acceptors (Lipinski definition) is 2. The Bertz CT molecular complexity index is 572. The fourth-order valence-electron chi connectivity index (χ4n) is 3.03. The third-order valence-corrected chi connectivity index (χ3v) is 7.06. The van der Waals surface area contributed by atoms with Crippen molar-refractivity contribution in [3.05, 3.63) is 32.9 Å². The first-order chi connectivity index (χ1) is 8.56. The van der Waals surface area contributed by atoms with Crippen molar-refractivity contribution in [2.75, 3.05) is 0 Å². The average Bonchev–Trinajstić information content (AvgIpc) is 2.27. The zero-order valence-corrected chi connectivity index (χ0v) is 12.7. The van der Waals surface area contributed by atoms with E-state index in [1.807, 2.05) is 6.07 Å². The van der Waals surface area contributed by atoms with Gasteiger partial charge in [-0.2, -0.15) is 0 Å². The van der Waals surface area contributed by atoms with Gasteiger partial charge in [0.1, 0.15) is 11.5 Å². The summed E-state index contributed by atoms with van der Waals surface area (Å²) in [5, 5.41) is 19.8. The van der Waals surface area contributed by atoms with Gasteiger partial charge in [-0.25, -0.2) is 0 Å². The van der Waals surface area contributed by atoms with Gasteiger partial charge in [0.15, 0.2) is 0 Å². The summed E-state index contributed by atoms with van der Waals surface area (Å²) < 4.78 is 2.77. The van der Waals surface area contributed by atoms with Crippen LogP contribution in [0.15, 0.2) is 23.8 Å². The van der Waals surface area contributed by atoms with Crippen LogP contribution in [0.3, 0.4) is 0 Å². The Morgan fingerprint density at radius 3 is 2.78 bits per heavy atom. The number of phenols is 2. The molecule has 1 aliphatic carbocycles. The van der Waals surface area contributed by atoms with Gasteiger partial charge in [0.25, 0.3) is 0 Å². The fourth-order valence-corrected chi connectivity index (χ4v) is 6.44. The maximum Gasteiger partial charge on any atom is 0.124 e. The number of rotatable bonds is 0. The SMILES string of the molecule is CC1=C[C@H]2c3c(O)cc(O)cc3I=C(C)[C@@H]2CC1. The van der Waals surface area contributed by atoms with Crippen molar-refractivity contribution in [3.63, 3.8) is 0 Å². The van der Waals surface area contributed by atoms with Crippen LogP contribution in [-0.4, -0.2) is 13.7 Å². The topological polar surface area (TPSA) is 40.5 Å². The van der Waals surface area contributed by atoms with Gasteiger partial charge in [-0.1, -0.05) is 32.4 Å². The van der Waals surface area contributed by atoms with E-state index in [4.69, 9.17) is 0 Å². The highest BCUT2D eigenvalue weighted by Gasteiger charge is 2.33. The van der Waals surface area contributed by atoms with Gasteiger partial charge in [0.2, 0.25) is 0 Å². The molecule has 0 fully saturated rings. The van der Waals surface area contributed by atoms with Crippen LogP contribution >= 0.6 is 20.7 Å². The lowest BCUT2D eigenvalue weighted by molar-refractivity contribution is 0.434. The standard InChI is InChI=1S/C15H17IO2/c1-8-3-4-11-9(2)16-13-6-10(17)7-14(18)15(13)12(11)5-8/h5-7,11-12,17-18H,3-4H2,1-2H3/t11-,12+/m0/s1. The smallest absolute Gasteiger partial charge is 0.124 e. The molecule has 1 aromatic rings. The first-order valence-electron chi connectivity index (χ1n) is 6.27. The molecule has 0 amide bonds. The van der Waals surface area contributed by atoms with Crippen molar-refractivity contribution in [1.82, 2.24) is 0 Å². The number of hydrogen-bond donors (Lipinski definition) is 2. The maximum atomic E-state index is 10.2. The van der Waals surface area contributed by atoms with Crippen molar-refractivity contribution < 1.29 is 10.2 Å². The maximum absolute atomic E-state index is 10.2. The van der Waals surface area contributed by atoms with E-state index >= 15 is 0 Å². The summed E-state index contributed by atoms with van der Waals surface area (Å²) in [4.78, 5) is 0. The molecule has 0 saturated heterocycles. The minimum atomic E-state index is -0.194. The molecular formula is C15H17IO2. The number of aromatic hydroxyl groups is 2. The molecular weight excluding hydrogens is 339 g/mol. The molecule has 3 rings (SSSR count). The normalized spacial score (nSPS) is 26.3. The molecule has 0 radical (unpaired) electrons. The molecule has 1 aromatic carbocycles. The van der Waals surface area contributed by atoms with Crippen LogP contribution in [-0.2, 0) is 0 Å². The number of phenolic OH excluding ortho intramolecular Hbond substituents is 2. The second-order valence-corrected chi connectivity index (χ2v) is 8.63. The molecule has 1 heterocycles. The van der Waals surface area contributed by atoms with E-state index in [-0.39, 0.29) is 32.2 Å². The van der Waals surface area contributed by atoms with Crippen LogP contribution in [0.4, 0.5) is 0 Å². The molecule has 1 aliphatic heterocycles. The van der Waals surface area contributed by atoms with Crippen LogP contribution in [0.1, 0.15) is 38.2 Å². The predicted molar refractivity (Wildman–Crippen MR) is 82.4 cm³/mol. The summed E-state index contributed by atoms with van der Waals surface area (Å²) in [6, 6.07) is 3.33. The minimum absolute atomic E-state index is 0.189. The van der Waals surface area contributed by atoms with Crippen molar-refractivity contribution in [1.29, 1.82) is 0 Å². The third kappa shape index (κ3) is 1.88. The summed E-state index contributed by atoms with van der Waals surface area (Å²) in [5.74, 6) is 1.39. The van der Waals surface area contributed by atoms with Crippen LogP contribution in [0.25, 0.3) is 0 Å². The second-order valence-electron chi connectivity index (χ2n) is 5.23. The van der Waals surface area contributed by atoms with Gasteiger partial charge in [0, 0.05) is 21.1 Å². The lowest BCUT2D eigenvalue weighted by atomic mass is 9.76. The first-order valence-corrected chi connectivity index (χ1v) is 8.43. The number of allylic oxidation sites excluding steroid dienone is 2. The molecule has 2 nitrogen and oxygen atoms in total. The van der Waals surface area contributed by atoms with Gasteiger partial charge in [0.05, 0.1) is 0 Å². The average molecular weight is 356 g/mol. The summed E-state index contributed by atoms with van der Waals surface area (Å²) in [7, 11) is 0. The molecule has 96 valence electrons. The zero-order chi connectivity index (χ0) is 12.9. The van der Waals surface area contributed by atoms with E-state index in [2.05, 4.69) is 19.9 Å². The van der Waals surface area contributed by atoms with Crippen LogP contribution < -0.4 is 0 Å². The molecule has 2 atom stereocenters. The summed E-state index contributed by atoms with van der Waals surface area (Å²) in [6.07, 6.45) is 4.70. The molecule has 2 aliphatic rings. The predicted octanol–water partition coefficient (Wildman–Crippen LogP) is 3.88. The van der Waals surface area contributed by atoms with Gasteiger partial charge in [-0.15, -0.1) is 0 Å². The van der Waals surface area contributed by atoms with E-state index < -0.39 is 0 Å². The number of fused-ring (bicyclic) bond motifs is 3. The Morgan fingerprint density at radius 1 is 1.22 bits per heavy atom. The molecule has 0 unspecified atom stereocenters. The highest BCUT2D eigenvalue weighted by Crippen LogP contribution is 2.48. The van der Waals surface area contributed by atoms with E-state index in [0.717, 1.165) is 5.56 Å². The molecule has 18 heavy (non-hydrogen) atoms. The van der Waals surface area contributed by atoms with E-state index in [1.54, 1.807) is 3.51 Å². The molecule has 0 spiro atoms. The van der Waals surface area contributed by atoms with Crippen LogP contribution in [0.5, 0.6) is 11.5 Å². The van der Waals surface area contributed by atoms with Crippen molar-refractivity contribution >= 4 is 24.2 Å². The van der Waals surface area contributed by atoms with E-state index in [1.165, 1.54) is 28.1 Å². The monoisotopic (exact) mass is 356 g/mol. The summed E-state index contributed by atoms with van der Waals surface area (Å²) in [5.41, 5.74) is 2.50. The molecule has 2 N–H and O–H groups in total. The zero-order valence-electron chi connectivity index (χ0n) is 10.6. The van der Waals surface area contributed by atoms with Gasteiger partial charge in [-0.3, -0.25) is 0 Å². The lowest BCUT2D eigenvalue weighted by Gasteiger charge is -2.35. The van der Waals surface area contributed by atoms with Gasteiger partial charge < -0.3 is 10.2 Å². The Balaban J connectivity index is 2.23. The van der Waals surface area contributed by atoms with Crippen molar-refractivity contribution in [3.8, 4) is 11.5 Å². The minimum Gasteiger partial charge on any atom is -0.508 e. The van der Waals surface area contributed by atoms with Gasteiger partial charge >= 0.3 is 0 Å². The van der Waals surface area contributed by atoms with Crippen molar-refractivity contribution in [2.45, 2.75) is 32.6 Å². The van der Waals surface area contributed by atoms with Crippen molar-refractivity contribution in [2.24, 2.45) is 5.92 Å². The van der Waals surface area contributed by atoms with E-state index in [9.17, 15) is 10.2 Å². The Labute approximate surface area is 117 Å². The number of benzene rings is 1. The van der Waals surface area contributed by atoms with Gasteiger partial charge in [-0.05, 0) is 42.2 Å². The quantitative estimate of drug-likeness (QED) is 0.547. The van der Waals surface area contributed by atoms with Crippen LogP contribution in [0.2, 0.25) is 0 Å².